The molecule has 4 aromatic rings. The van der Waals surface area contributed by atoms with E-state index in [2.05, 4.69) is 16.0 Å². The van der Waals surface area contributed by atoms with Crippen molar-refractivity contribution in [2.24, 2.45) is 18.5 Å². The van der Waals surface area contributed by atoms with Gasteiger partial charge >= 0.3 is 5.69 Å². The lowest BCUT2D eigenvalue weighted by Gasteiger charge is -2.30. The molecule has 5 atom stereocenters. The van der Waals surface area contributed by atoms with Crippen LogP contribution in [0.3, 0.4) is 0 Å². The van der Waals surface area contributed by atoms with Gasteiger partial charge in [0.05, 0.1) is 41.5 Å². The van der Waals surface area contributed by atoms with Crippen LogP contribution in [0.4, 0.5) is 5.69 Å². The third-order valence-electron chi connectivity index (χ3n) is 12.5. The van der Waals surface area contributed by atoms with Gasteiger partial charge in [0.2, 0.25) is 35.4 Å². The van der Waals surface area contributed by atoms with Gasteiger partial charge in [0, 0.05) is 39.5 Å². The number of imide groups is 1. The standard InChI is InChI=1S/C47H58N8O9/c1-28(35(17-20-40(49)56)51-45(60)39-25-33-9-3-8-32-15-16-34(48)46(61)55(39)43(32)33)64-26-31-12-10-29(11-13-31)6-4-22-50-42(58)27-63-23-5-7-30-14-18-36-38(24-30)53(2)47(62)54(36)37-19-21-41(57)52-44(37)59/h3,8-14,18,24,28,34-35,37,39H,4-7,15-17,19-23,25-27,48H2,1-2H3,(H2,49,56)(H,50,58)(H,51,60)(H,52,57,59)/t28-,34+,35+,37?,39+/m1/s1. The van der Waals surface area contributed by atoms with Crippen LogP contribution in [0.25, 0.3) is 11.0 Å². The largest absolute Gasteiger partial charge is 0.372 e. The number of carbonyl (C=O) groups is 6. The van der Waals surface area contributed by atoms with E-state index in [4.69, 9.17) is 20.9 Å². The first-order valence-electron chi connectivity index (χ1n) is 22.1. The molecule has 7 rings (SSSR count). The topological polar surface area (TPSA) is 239 Å². The van der Waals surface area contributed by atoms with Crippen molar-refractivity contribution >= 4 is 52.2 Å². The van der Waals surface area contributed by atoms with Crippen molar-refractivity contribution in [3.8, 4) is 0 Å². The Hall–Kier alpha value is -6.17. The van der Waals surface area contributed by atoms with Crippen molar-refractivity contribution in [1.29, 1.82) is 0 Å². The molecule has 7 N–H and O–H groups in total. The fraction of sp³-hybridized carbons (Fsp3) is 0.468. The molecule has 4 heterocycles. The molecule has 3 aliphatic rings. The van der Waals surface area contributed by atoms with Gasteiger partial charge in [0.15, 0.2) is 0 Å². The van der Waals surface area contributed by atoms with Crippen LogP contribution >= 0.6 is 0 Å². The van der Waals surface area contributed by atoms with Crippen LogP contribution in [0.15, 0.2) is 65.5 Å². The minimum atomic E-state index is -0.756. The Morgan fingerprint density at radius 3 is 2.41 bits per heavy atom. The number of imidazole rings is 1. The van der Waals surface area contributed by atoms with Crippen LogP contribution in [0.2, 0.25) is 0 Å². The maximum absolute atomic E-state index is 13.8. The van der Waals surface area contributed by atoms with Gasteiger partial charge in [-0.05, 0) is 98.2 Å². The van der Waals surface area contributed by atoms with Gasteiger partial charge in [0.1, 0.15) is 18.7 Å². The van der Waals surface area contributed by atoms with Crippen molar-refractivity contribution in [3.63, 3.8) is 0 Å². The first kappa shape index (κ1) is 45.8. The number of piperidine rings is 1. The van der Waals surface area contributed by atoms with E-state index in [0.717, 1.165) is 46.3 Å². The Bertz CT molecular complexity index is 2460. The number of nitrogens with one attached hydrogen (secondary N) is 3. The predicted molar refractivity (Wildman–Crippen MR) is 238 cm³/mol. The number of nitrogens with two attached hydrogens (primary N) is 2. The molecule has 3 aliphatic heterocycles. The number of ether oxygens (including phenoxy) is 2. The highest BCUT2D eigenvalue weighted by molar-refractivity contribution is 6.07. The fourth-order valence-electron chi connectivity index (χ4n) is 8.92. The third kappa shape index (κ3) is 10.6. The summed E-state index contributed by atoms with van der Waals surface area (Å²) in [5.74, 6) is -2.08. The van der Waals surface area contributed by atoms with Crippen molar-refractivity contribution in [2.45, 2.75) is 114 Å². The molecule has 0 spiro atoms. The van der Waals surface area contributed by atoms with E-state index in [1.54, 1.807) is 11.9 Å². The van der Waals surface area contributed by atoms with Gasteiger partial charge < -0.3 is 31.6 Å². The number of para-hydroxylation sites is 1. The Morgan fingerprint density at radius 1 is 0.906 bits per heavy atom. The zero-order chi connectivity index (χ0) is 45.5. The summed E-state index contributed by atoms with van der Waals surface area (Å²) >= 11 is 0. The molecule has 6 amide bonds. The van der Waals surface area contributed by atoms with E-state index in [0.29, 0.717) is 56.3 Å². The number of nitrogens with zero attached hydrogens (tertiary/aromatic N) is 3. The molecule has 0 aliphatic carbocycles. The van der Waals surface area contributed by atoms with Crippen LogP contribution in [-0.4, -0.2) is 88.6 Å². The molecule has 3 aromatic carbocycles. The highest BCUT2D eigenvalue weighted by Crippen LogP contribution is 2.39. The van der Waals surface area contributed by atoms with E-state index in [1.807, 2.05) is 67.6 Å². The molecule has 0 saturated carbocycles. The Morgan fingerprint density at radius 2 is 1.64 bits per heavy atom. The molecule has 1 unspecified atom stereocenters. The van der Waals surface area contributed by atoms with E-state index in [1.165, 1.54) is 9.13 Å². The van der Waals surface area contributed by atoms with Gasteiger partial charge in [0.25, 0.3) is 0 Å². The number of amides is 6. The van der Waals surface area contributed by atoms with E-state index in [-0.39, 0.29) is 68.2 Å². The van der Waals surface area contributed by atoms with Crippen molar-refractivity contribution in [3.05, 3.63) is 99.0 Å². The number of aromatic nitrogens is 2. The fourth-order valence-corrected chi connectivity index (χ4v) is 8.92. The molecule has 64 heavy (non-hydrogen) atoms. The molecule has 340 valence electrons. The zero-order valence-corrected chi connectivity index (χ0v) is 36.4. The molecule has 17 heteroatoms. The number of carbonyl (C=O) groups excluding carboxylic acids is 6. The lowest BCUT2D eigenvalue weighted by Crippen LogP contribution is -2.55. The SMILES string of the molecule is C[C@@H](OCc1ccc(CCCNC(=O)COCCCc2ccc3c(c2)n(C)c(=O)n3C2CCC(=O)NC2=O)cc1)[C@H](CCC(N)=O)NC(=O)[C@@H]1Cc2cccc3c2N1C(=O)[C@@H](N)CC3. The van der Waals surface area contributed by atoms with Gasteiger partial charge in [-0.25, -0.2) is 4.79 Å². The minimum Gasteiger partial charge on any atom is -0.372 e. The van der Waals surface area contributed by atoms with E-state index < -0.39 is 42.1 Å². The molecule has 1 aromatic heterocycles. The van der Waals surface area contributed by atoms with E-state index >= 15 is 0 Å². The maximum Gasteiger partial charge on any atom is 0.329 e. The summed E-state index contributed by atoms with van der Waals surface area (Å²) in [5.41, 5.74) is 18.5. The summed E-state index contributed by atoms with van der Waals surface area (Å²) in [5, 5.41) is 8.29. The van der Waals surface area contributed by atoms with Crippen molar-refractivity contribution in [1.82, 2.24) is 25.1 Å². The first-order chi connectivity index (χ1) is 30.8. The van der Waals surface area contributed by atoms with Gasteiger partial charge in [-0.3, -0.25) is 48.1 Å². The monoisotopic (exact) mass is 878 g/mol. The molecule has 17 nitrogen and oxygen atoms in total. The second-order valence-corrected chi connectivity index (χ2v) is 17.1. The summed E-state index contributed by atoms with van der Waals surface area (Å²) in [6.45, 7) is 2.94. The molecule has 0 radical (unpaired) electrons. The quantitative estimate of drug-likeness (QED) is 0.0639. The van der Waals surface area contributed by atoms with E-state index in [9.17, 15) is 33.6 Å². The van der Waals surface area contributed by atoms with Gasteiger partial charge in [-0.1, -0.05) is 48.5 Å². The Balaban J connectivity index is 0.803. The molecule has 1 saturated heterocycles. The lowest BCUT2D eigenvalue weighted by atomic mass is 10.0. The summed E-state index contributed by atoms with van der Waals surface area (Å²) in [4.78, 5) is 90.1. The highest BCUT2D eigenvalue weighted by atomic mass is 16.5. The summed E-state index contributed by atoms with van der Waals surface area (Å²) in [7, 11) is 1.66. The molecular formula is C47H58N8O9. The Kier molecular flexibility index (Phi) is 14.7. The van der Waals surface area contributed by atoms with Crippen LogP contribution in [-0.2, 0) is 77.6 Å². The zero-order valence-electron chi connectivity index (χ0n) is 36.4. The summed E-state index contributed by atoms with van der Waals surface area (Å²) in [6.07, 6.45) is 4.69. The first-order valence-corrected chi connectivity index (χ1v) is 22.1. The number of benzene rings is 3. The van der Waals surface area contributed by atoms with Crippen LogP contribution < -0.4 is 38.0 Å². The van der Waals surface area contributed by atoms with Crippen molar-refractivity contribution < 1.29 is 38.2 Å². The maximum atomic E-state index is 13.8. The average Bonchev–Trinajstić information content (AvgIpc) is 3.75. The van der Waals surface area contributed by atoms with Crippen LogP contribution in [0.5, 0.6) is 0 Å². The number of fused-ring (bicyclic) bond motifs is 1. The number of aryl methyl sites for hydroxylation is 4. The number of hydrogen-bond acceptors (Lipinski definition) is 10. The highest BCUT2D eigenvalue weighted by Gasteiger charge is 2.43. The summed E-state index contributed by atoms with van der Waals surface area (Å²) < 4.78 is 14.8. The number of hydrogen-bond donors (Lipinski definition) is 5. The van der Waals surface area contributed by atoms with Crippen LogP contribution in [0, 0.1) is 0 Å². The number of rotatable bonds is 20. The molecule has 0 bridgehead atoms. The predicted octanol–water partition coefficient (Wildman–Crippen LogP) is 1.90. The Labute approximate surface area is 371 Å². The second-order valence-electron chi connectivity index (χ2n) is 17.1. The second kappa shape index (κ2) is 20.6. The van der Waals surface area contributed by atoms with Gasteiger partial charge in [-0.15, -0.1) is 0 Å². The normalized spacial score (nSPS) is 19.2. The smallest absolute Gasteiger partial charge is 0.329 e. The minimum absolute atomic E-state index is 0.0506. The van der Waals surface area contributed by atoms with Gasteiger partial charge in [-0.2, -0.15) is 0 Å². The number of primary amides is 1. The lowest BCUT2D eigenvalue weighted by molar-refractivity contribution is -0.136. The summed E-state index contributed by atoms with van der Waals surface area (Å²) in [6, 6.07) is 16.8. The number of anilines is 1. The van der Waals surface area contributed by atoms with Crippen LogP contribution in [0.1, 0.15) is 85.7 Å². The molecule has 1 fully saturated rings. The average molecular weight is 879 g/mol. The third-order valence-corrected chi connectivity index (χ3v) is 12.5. The molecular weight excluding hydrogens is 821 g/mol. The van der Waals surface area contributed by atoms with Crippen molar-refractivity contribution in [2.75, 3.05) is 24.7 Å².